The van der Waals surface area contributed by atoms with Gasteiger partial charge in [-0.05, 0) is 32.9 Å². The molecule has 134 valence electrons. The van der Waals surface area contributed by atoms with Crippen LogP contribution in [-0.4, -0.2) is 39.5 Å². The number of carbonyl (C=O) groups is 2. The van der Waals surface area contributed by atoms with E-state index in [2.05, 4.69) is 5.10 Å². The summed E-state index contributed by atoms with van der Waals surface area (Å²) in [7, 11) is 1.27. The number of benzene rings is 1. The number of halogens is 1. The van der Waals surface area contributed by atoms with Crippen molar-refractivity contribution in [1.82, 2.24) is 9.78 Å². The maximum absolute atomic E-state index is 14.1. The number of rotatable bonds is 5. The first-order valence-electron chi connectivity index (χ1n) is 7.47. The standard InChI is InChI=1S/C17H19FN2O5/c1-17(2,3)25-16(23)13-5-6-20(19-13)9-10-7-11(15(21)22)14(24-4)8-12(10)18/h5-8H,9H2,1-4H3,(H,21,22). The van der Waals surface area contributed by atoms with E-state index in [4.69, 9.17) is 9.47 Å². The highest BCUT2D eigenvalue weighted by Gasteiger charge is 2.20. The Hall–Kier alpha value is -2.90. The molecular weight excluding hydrogens is 331 g/mol. The van der Waals surface area contributed by atoms with Crippen molar-refractivity contribution in [3.8, 4) is 5.75 Å². The summed E-state index contributed by atoms with van der Waals surface area (Å²) in [4.78, 5) is 23.2. The van der Waals surface area contributed by atoms with Gasteiger partial charge >= 0.3 is 11.9 Å². The number of aromatic nitrogens is 2. The molecule has 25 heavy (non-hydrogen) atoms. The van der Waals surface area contributed by atoms with Crippen LogP contribution < -0.4 is 4.74 Å². The number of carboxylic acid groups (broad SMARTS) is 1. The maximum Gasteiger partial charge on any atom is 0.359 e. The summed E-state index contributed by atoms with van der Waals surface area (Å²) in [6, 6.07) is 3.65. The largest absolute Gasteiger partial charge is 0.496 e. The number of carboxylic acids is 1. The fourth-order valence-corrected chi connectivity index (χ4v) is 2.12. The van der Waals surface area contributed by atoms with Crippen molar-refractivity contribution in [2.45, 2.75) is 32.9 Å². The van der Waals surface area contributed by atoms with E-state index in [9.17, 15) is 19.1 Å². The van der Waals surface area contributed by atoms with E-state index in [1.807, 2.05) is 0 Å². The van der Waals surface area contributed by atoms with Crippen molar-refractivity contribution in [3.63, 3.8) is 0 Å². The minimum atomic E-state index is -1.23. The molecule has 0 aliphatic carbocycles. The predicted molar refractivity (Wildman–Crippen MR) is 86.4 cm³/mol. The van der Waals surface area contributed by atoms with Gasteiger partial charge in [0.25, 0.3) is 0 Å². The highest BCUT2D eigenvalue weighted by atomic mass is 19.1. The van der Waals surface area contributed by atoms with E-state index < -0.39 is 23.4 Å². The van der Waals surface area contributed by atoms with E-state index in [1.54, 1.807) is 20.8 Å². The molecule has 0 spiro atoms. The van der Waals surface area contributed by atoms with Gasteiger partial charge < -0.3 is 14.6 Å². The fourth-order valence-electron chi connectivity index (χ4n) is 2.12. The lowest BCUT2D eigenvalue weighted by Gasteiger charge is -2.18. The molecule has 2 rings (SSSR count). The average molecular weight is 350 g/mol. The molecule has 0 bridgehead atoms. The van der Waals surface area contributed by atoms with Crippen molar-refractivity contribution < 1.29 is 28.6 Å². The Morgan fingerprint density at radius 3 is 2.56 bits per heavy atom. The highest BCUT2D eigenvalue weighted by molar-refractivity contribution is 5.91. The molecule has 0 aliphatic heterocycles. The molecular formula is C17H19FN2O5. The topological polar surface area (TPSA) is 90.7 Å². The molecule has 0 radical (unpaired) electrons. The van der Waals surface area contributed by atoms with Crippen LogP contribution in [0.1, 0.15) is 47.2 Å². The highest BCUT2D eigenvalue weighted by Crippen LogP contribution is 2.23. The molecule has 1 N–H and O–H groups in total. The van der Waals surface area contributed by atoms with Gasteiger partial charge in [0.1, 0.15) is 22.7 Å². The predicted octanol–water partition coefficient (Wildman–Crippen LogP) is 2.73. The van der Waals surface area contributed by atoms with Gasteiger partial charge in [-0.1, -0.05) is 0 Å². The third-order valence-corrected chi connectivity index (χ3v) is 3.18. The molecule has 1 heterocycles. The van der Waals surface area contributed by atoms with Crippen molar-refractivity contribution in [2.24, 2.45) is 0 Å². The molecule has 1 aromatic heterocycles. The van der Waals surface area contributed by atoms with Gasteiger partial charge in [-0.2, -0.15) is 5.10 Å². The molecule has 8 heteroatoms. The second-order valence-electron chi connectivity index (χ2n) is 6.35. The Bertz CT molecular complexity index is 808. The van der Waals surface area contributed by atoms with Crippen LogP contribution in [0.15, 0.2) is 24.4 Å². The number of nitrogens with zero attached hydrogens (tertiary/aromatic N) is 2. The van der Waals surface area contributed by atoms with Crippen LogP contribution in [0, 0.1) is 5.82 Å². The Balaban J connectivity index is 2.25. The summed E-state index contributed by atoms with van der Waals surface area (Å²) in [6.07, 6.45) is 1.49. The lowest BCUT2D eigenvalue weighted by molar-refractivity contribution is 0.00617. The van der Waals surface area contributed by atoms with Crippen molar-refractivity contribution in [3.05, 3.63) is 47.0 Å². The maximum atomic E-state index is 14.1. The monoisotopic (exact) mass is 350 g/mol. The van der Waals surface area contributed by atoms with Crippen molar-refractivity contribution in [1.29, 1.82) is 0 Å². The van der Waals surface area contributed by atoms with Gasteiger partial charge in [0.15, 0.2) is 5.69 Å². The van der Waals surface area contributed by atoms with Crippen LogP contribution in [0.3, 0.4) is 0 Å². The van der Waals surface area contributed by atoms with E-state index in [-0.39, 0.29) is 29.1 Å². The van der Waals surface area contributed by atoms with E-state index in [0.29, 0.717) is 0 Å². The number of hydrogen-bond donors (Lipinski definition) is 1. The van der Waals surface area contributed by atoms with Gasteiger partial charge in [-0.15, -0.1) is 0 Å². The third-order valence-electron chi connectivity index (χ3n) is 3.18. The number of esters is 1. The Kier molecular flexibility index (Phi) is 5.10. The minimum Gasteiger partial charge on any atom is -0.496 e. The first-order chi connectivity index (χ1) is 11.6. The van der Waals surface area contributed by atoms with Crippen LogP contribution in [-0.2, 0) is 11.3 Å². The third kappa shape index (κ3) is 4.56. The summed E-state index contributed by atoms with van der Waals surface area (Å²) in [5.41, 5.74) is -0.614. The zero-order chi connectivity index (χ0) is 18.8. The second-order valence-corrected chi connectivity index (χ2v) is 6.35. The number of carbonyl (C=O) groups excluding carboxylic acids is 1. The second kappa shape index (κ2) is 6.92. The van der Waals surface area contributed by atoms with Crippen LogP contribution >= 0.6 is 0 Å². The summed E-state index contributed by atoms with van der Waals surface area (Å²) in [5, 5.41) is 13.2. The molecule has 0 saturated heterocycles. The molecule has 0 amide bonds. The Labute approximate surface area is 144 Å². The van der Waals surface area contributed by atoms with Gasteiger partial charge in [-0.3, -0.25) is 4.68 Å². The van der Waals surface area contributed by atoms with Crippen LogP contribution in [0.4, 0.5) is 4.39 Å². The first kappa shape index (κ1) is 18.4. The van der Waals surface area contributed by atoms with Gasteiger partial charge in [0.05, 0.1) is 13.7 Å². The molecule has 0 saturated carbocycles. The lowest BCUT2D eigenvalue weighted by Crippen LogP contribution is -2.24. The summed E-state index contributed by atoms with van der Waals surface area (Å²) >= 11 is 0. The normalized spacial score (nSPS) is 11.2. The molecule has 7 nitrogen and oxygen atoms in total. The van der Waals surface area contributed by atoms with Crippen LogP contribution in [0.25, 0.3) is 0 Å². The molecule has 2 aromatic rings. The smallest absolute Gasteiger partial charge is 0.359 e. The fraction of sp³-hybridized carbons (Fsp3) is 0.353. The number of hydrogen-bond acceptors (Lipinski definition) is 5. The van der Waals surface area contributed by atoms with E-state index >= 15 is 0 Å². The zero-order valence-electron chi connectivity index (χ0n) is 14.4. The summed E-state index contributed by atoms with van der Waals surface area (Å²) < 4.78 is 25.6. The molecule has 0 atom stereocenters. The van der Waals surface area contributed by atoms with Crippen LogP contribution in [0.2, 0.25) is 0 Å². The van der Waals surface area contributed by atoms with E-state index in [0.717, 1.165) is 6.07 Å². The summed E-state index contributed by atoms with van der Waals surface area (Å²) in [6.45, 7) is 5.17. The van der Waals surface area contributed by atoms with Crippen LogP contribution in [0.5, 0.6) is 5.75 Å². The average Bonchev–Trinajstić information content (AvgIpc) is 2.95. The minimum absolute atomic E-state index is 0.0428. The molecule has 1 aromatic carbocycles. The summed E-state index contributed by atoms with van der Waals surface area (Å²) in [5.74, 6) is -2.51. The zero-order valence-corrected chi connectivity index (χ0v) is 14.4. The number of aromatic carboxylic acids is 1. The van der Waals surface area contributed by atoms with Gasteiger partial charge in [0.2, 0.25) is 0 Å². The molecule has 0 unspecified atom stereocenters. The SMILES string of the molecule is COc1cc(F)c(Cn2ccc(C(=O)OC(C)(C)C)n2)cc1C(=O)O. The lowest BCUT2D eigenvalue weighted by atomic mass is 10.1. The van der Waals surface area contributed by atoms with Crippen molar-refractivity contribution >= 4 is 11.9 Å². The number of ether oxygens (including phenoxy) is 2. The van der Waals surface area contributed by atoms with Gasteiger partial charge in [0, 0.05) is 17.8 Å². The van der Waals surface area contributed by atoms with E-state index in [1.165, 1.54) is 30.1 Å². The van der Waals surface area contributed by atoms with Gasteiger partial charge in [-0.25, -0.2) is 14.0 Å². The Morgan fingerprint density at radius 2 is 2.00 bits per heavy atom. The molecule has 0 aliphatic rings. The van der Waals surface area contributed by atoms with Crippen molar-refractivity contribution in [2.75, 3.05) is 7.11 Å². The Morgan fingerprint density at radius 1 is 1.32 bits per heavy atom. The quantitative estimate of drug-likeness (QED) is 0.834. The first-order valence-corrected chi connectivity index (χ1v) is 7.47. The molecule has 0 fully saturated rings. The number of methoxy groups -OCH3 is 1.